The fourth-order valence-electron chi connectivity index (χ4n) is 11.9. The van der Waals surface area contributed by atoms with Gasteiger partial charge in [-0.05, 0) is 104 Å². The highest BCUT2D eigenvalue weighted by molar-refractivity contribution is 6.28. The molecule has 0 bridgehead atoms. The Labute approximate surface area is 558 Å². The van der Waals surface area contributed by atoms with E-state index in [-0.39, 0.29) is 22.8 Å². The summed E-state index contributed by atoms with van der Waals surface area (Å²) in [6, 6.07) is 52.7. The number of carbonyl (C=O) groups excluding carboxylic acids is 2. The third-order valence-electron chi connectivity index (χ3n) is 16.6. The van der Waals surface area contributed by atoms with Crippen LogP contribution >= 0.6 is 11.6 Å². The fraction of sp³-hybridized carbons (Fsp3) is 0.230. The van der Waals surface area contributed by atoms with Crippen LogP contribution in [0.5, 0.6) is 0 Å². The first-order valence-corrected chi connectivity index (χ1v) is 31.8. The van der Waals surface area contributed by atoms with Gasteiger partial charge in [-0.1, -0.05) is 109 Å². The second-order valence-corrected chi connectivity index (χ2v) is 23.4. The molecule has 0 fully saturated rings. The van der Waals surface area contributed by atoms with Crippen LogP contribution in [0.25, 0.3) is 44.6 Å². The van der Waals surface area contributed by atoms with Gasteiger partial charge in [-0.25, -0.2) is 34.3 Å². The number of carboxylic acid groups (broad SMARTS) is 1. The lowest BCUT2D eigenvalue weighted by molar-refractivity contribution is 0.0594. The highest BCUT2D eigenvalue weighted by Crippen LogP contribution is 2.33. The zero-order valence-corrected chi connectivity index (χ0v) is 54.5. The molecule has 0 amide bonds. The van der Waals surface area contributed by atoms with Crippen LogP contribution in [0.2, 0.25) is 5.28 Å². The first-order chi connectivity index (χ1) is 46.8. The molecule has 22 heteroatoms. The van der Waals surface area contributed by atoms with Gasteiger partial charge in [-0.3, -0.25) is 9.13 Å². The Bertz CT molecular complexity index is 4790. The van der Waals surface area contributed by atoms with E-state index in [1.807, 2.05) is 133 Å². The molecule has 0 atom stereocenters. The van der Waals surface area contributed by atoms with Gasteiger partial charge in [0, 0.05) is 94.3 Å². The Balaban J connectivity index is 0.000000128. The number of hydrogen-bond acceptors (Lipinski definition) is 17. The average Bonchev–Trinajstić information content (AvgIpc) is 1.57. The van der Waals surface area contributed by atoms with E-state index in [9.17, 15) is 19.5 Å². The molecule has 3 aliphatic rings. The van der Waals surface area contributed by atoms with Crippen LogP contribution < -0.4 is 16.0 Å². The number of halogens is 1. The first-order valence-electron chi connectivity index (χ1n) is 31.4. The number of aromatic amines is 1. The quantitative estimate of drug-likeness (QED) is 0.0501. The molecule has 6 aromatic heterocycles. The Kier molecular flexibility index (Phi) is 20.4. The molecule has 0 aliphatic carbocycles. The van der Waals surface area contributed by atoms with Gasteiger partial charge < -0.3 is 49.7 Å². The van der Waals surface area contributed by atoms with E-state index in [0.717, 1.165) is 114 Å². The summed E-state index contributed by atoms with van der Waals surface area (Å²) >= 11 is 5.96. The molecule has 0 saturated heterocycles. The number of benzene rings is 6. The summed E-state index contributed by atoms with van der Waals surface area (Å²) in [5.41, 5.74) is 16.3. The SMILES string of the molecule is COC(=O)c1cccc2[nH]c(C)cc12.COC(=O)c1cccc2c1cc(C)n2-c1nc2c(c(NCc3ccccc3)n1)COCC2.Cc1cc2c(C(=O)O)cccc2n1-c1nc2c(c(NCc3ccccc3)n1)COCC2.Clc1nc2c(c(NCc3ccccc3)n1)COCC2. The summed E-state index contributed by atoms with van der Waals surface area (Å²) in [6.07, 6.45) is 2.23. The van der Waals surface area contributed by atoms with Gasteiger partial charge in [0.15, 0.2) is 0 Å². The summed E-state index contributed by atoms with van der Waals surface area (Å²) in [7, 11) is 2.78. The summed E-state index contributed by atoms with van der Waals surface area (Å²) < 4.78 is 30.4. The molecule has 0 radical (unpaired) electrons. The van der Waals surface area contributed by atoms with E-state index in [2.05, 4.69) is 67.3 Å². The maximum Gasteiger partial charge on any atom is 0.338 e. The van der Waals surface area contributed by atoms with Crippen molar-refractivity contribution in [1.82, 2.24) is 44.0 Å². The van der Waals surface area contributed by atoms with Crippen LogP contribution in [0.3, 0.4) is 0 Å². The van der Waals surface area contributed by atoms with Crippen molar-refractivity contribution in [3.05, 3.63) is 253 Å². The predicted molar refractivity (Wildman–Crippen MR) is 368 cm³/mol. The minimum atomic E-state index is -0.948. The number of fused-ring (bicyclic) bond motifs is 6. The van der Waals surface area contributed by atoms with Gasteiger partial charge in [0.25, 0.3) is 0 Å². The van der Waals surface area contributed by atoms with Crippen molar-refractivity contribution in [3.63, 3.8) is 0 Å². The minimum absolute atomic E-state index is 0.271. The van der Waals surface area contributed by atoms with Gasteiger partial charge in [0.1, 0.15) is 17.5 Å². The van der Waals surface area contributed by atoms with Crippen molar-refractivity contribution in [2.45, 2.75) is 79.5 Å². The van der Waals surface area contributed by atoms with Gasteiger partial charge in [-0.15, -0.1) is 0 Å². The molecule has 6 aromatic carbocycles. The van der Waals surface area contributed by atoms with Gasteiger partial charge in [0.2, 0.25) is 17.2 Å². The monoisotopic (exact) mass is 1310 g/mol. The highest BCUT2D eigenvalue weighted by atomic mass is 35.5. The van der Waals surface area contributed by atoms with Crippen LogP contribution in [0.4, 0.5) is 17.5 Å². The van der Waals surface area contributed by atoms with Crippen LogP contribution in [0.1, 0.15) is 98.6 Å². The zero-order valence-electron chi connectivity index (χ0n) is 53.7. The van der Waals surface area contributed by atoms with Crippen molar-refractivity contribution in [2.75, 3.05) is 50.0 Å². The lowest BCUT2D eigenvalue weighted by atomic mass is 10.1. The standard InChI is InChI=1S/C25H24N4O3.C24H22N4O3.C14H14ClN3O.C11H11NO2/c1-16-13-19-18(24(30)31-2)9-6-10-22(19)29(16)25-27-21-11-12-32-15-20(21)23(28-25)26-14-17-7-4-3-5-8-17;1-15-12-18-17(23(29)30)8-5-9-21(18)28(15)24-26-20-10-11-31-14-19(20)22(27-24)25-13-16-6-3-2-4-7-16;15-14-17-12-6-7-19-9-11(12)13(18-14)16-8-10-4-2-1-3-5-10;1-7-6-9-8(11(13)14-2)4-3-5-10(9)12-7/h3-10,13H,11-12,14-15H2,1-2H3,(H,26,27,28);2-9,12H,10-11,13-14H2,1H3,(H,29,30)(H,25,26,27);1-5H,6-9H2,(H,16,17,18);3-6,12H,1-2H3. The van der Waals surface area contributed by atoms with Crippen LogP contribution in [0.15, 0.2) is 164 Å². The fourth-order valence-corrected chi connectivity index (χ4v) is 12.1. The molecule has 3 aliphatic heterocycles. The van der Waals surface area contributed by atoms with E-state index in [1.165, 1.54) is 25.3 Å². The number of aromatic carboxylic acids is 1. The highest BCUT2D eigenvalue weighted by Gasteiger charge is 2.25. The molecule has 96 heavy (non-hydrogen) atoms. The van der Waals surface area contributed by atoms with Crippen molar-refractivity contribution in [1.29, 1.82) is 0 Å². The number of carboxylic acids is 1. The number of esters is 2. The topological polar surface area (TPSA) is 257 Å². The number of carbonyl (C=O) groups is 3. The van der Waals surface area contributed by atoms with E-state index in [0.29, 0.717) is 94.1 Å². The van der Waals surface area contributed by atoms with Crippen molar-refractivity contribution < 1.29 is 43.2 Å². The number of ether oxygens (including phenoxy) is 5. The molecular weight excluding hydrogens is 1240 g/mol. The van der Waals surface area contributed by atoms with Crippen molar-refractivity contribution in [2.24, 2.45) is 0 Å². The summed E-state index contributed by atoms with van der Waals surface area (Å²) in [5.74, 6) is 1.81. The first kappa shape index (κ1) is 65.2. The number of H-pyrrole nitrogens is 1. The molecule has 0 unspecified atom stereocenters. The van der Waals surface area contributed by atoms with Gasteiger partial charge >= 0.3 is 17.9 Å². The number of nitrogens with zero attached hydrogens (tertiary/aromatic N) is 8. The molecule has 5 N–H and O–H groups in total. The van der Waals surface area contributed by atoms with Crippen LogP contribution in [0, 0.1) is 20.8 Å². The largest absolute Gasteiger partial charge is 0.478 e. The summed E-state index contributed by atoms with van der Waals surface area (Å²) in [6.45, 7) is 11.4. The second kappa shape index (κ2) is 30.1. The number of aryl methyl sites for hydroxylation is 3. The smallest absolute Gasteiger partial charge is 0.338 e. The lowest BCUT2D eigenvalue weighted by Gasteiger charge is -2.21. The van der Waals surface area contributed by atoms with Crippen LogP contribution in [-0.2, 0) is 82.4 Å². The molecule has 9 heterocycles. The van der Waals surface area contributed by atoms with E-state index in [4.69, 9.17) is 55.2 Å². The second-order valence-electron chi connectivity index (χ2n) is 23.0. The number of nitrogens with one attached hydrogen (secondary N) is 4. The Morgan fingerprint density at radius 2 is 0.885 bits per heavy atom. The number of anilines is 3. The number of methoxy groups -OCH3 is 2. The average molecular weight is 1310 g/mol. The number of rotatable bonds is 14. The Morgan fingerprint density at radius 3 is 1.32 bits per heavy atom. The van der Waals surface area contributed by atoms with E-state index >= 15 is 0 Å². The molecule has 0 saturated carbocycles. The van der Waals surface area contributed by atoms with Crippen molar-refractivity contribution >= 4 is 79.7 Å². The van der Waals surface area contributed by atoms with E-state index in [1.54, 1.807) is 24.3 Å². The Morgan fingerprint density at radius 1 is 0.490 bits per heavy atom. The van der Waals surface area contributed by atoms with Crippen LogP contribution in [-0.4, -0.2) is 101 Å². The maximum absolute atomic E-state index is 12.3. The van der Waals surface area contributed by atoms with E-state index < -0.39 is 5.97 Å². The number of aromatic nitrogens is 9. The maximum atomic E-state index is 12.3. The predicted octanol–water partition coefficient (Wildman–Crippen LogP) is 13.4. The van der Waals surface area contributed by atoms with Gasteiger partial charge in [0.05, 0.1) is 98.7 Å². The molecule has 488 valence electrons. The Hall–Kier alpha value is -10.8. The third-order valence-corrected chi connectivity index (χ3v) is 16.8. The minimum Gasteiger partial charge on any atom is -0.478 e. The van der Waals surface area contributed by atoms with Crippen molar-refractivity contribution in [3.8, 4) is 11.9 Å². The normalized spacial score (nSPS) is 12.9. The lowest BCUT2D eigenvalue weighted by Crippen LogP contribution is -2.19. The molecular formula is C74H71ClN12O9. The summed E-state index contributed by atoms with van der Waals surface area (Å²) in [4.78, 5) is 66.5. The molecule has 21 nitrogen and oxygen atoms in total. The van der Waals surface area contributed by atoms with Gasteiger partial charge in [-0.2, -0.15) is 9.97 Å². The molecule has 15 rings (SSSR count). The summed E-state index contributed by atoms with van der Waals surface area (Å²) in [5, 5.41) is 22.5. The molecule has 12 aromatic rings. The molecule has 0 spiro atoms. The zero-order chi connectivity index (χ0) is 66.7. The number of hydrogen-bond donors (Lipinski definition) is 5. The third kappa shape index (κ3) is 14.7.